The van der Waals surface area contributed by atoms with Crippen LogP contribution in [0.5, 0.6) is 17.2 Å². The molecule has 17 aromatic carbocycles. The zero-order chi connectivity index (χ0) is 91.0. The van der Waals surface area contributed by atoms with Gasteiger partial charge >= 0.3 is 38.5 Å². The first-order chi connectivity index (χ1) is 65.5. The molecule has 134 heavy (non-hydrogen) atoms. The topological polar surface area (TPSA) is 134 Å². The van der Waals surface area contributed by atoms with Gasteiger partial charge < -0.3 is 41.1 Å². The number of carbonyl (C=O) groups is 1. The number of pyridine rings is 4. The Kier molecular flexibility index (Phi) is 30.2. The molecular weight excluding hydrogens is 1870 g/mol. The van der Waals surface area contributed by atoms with Crippen LogP contribution in [0, 0.1) is 31.2 Å². The Bertz CT molecular complexity index is 7160. The number of hydrogen-bond donors (Lipinski definition) is 1. The van der Waals surface area contributed by atoms with E-state index in [1.807, 2.05) is 91.9 Å². The van der Waals surface area contributed by atoms with Crippen molar-refractivity contribution in [1.82, 2.24) is 19.9 Å². The van der Waals surface area contributed by atoms with Crippen LogP contribution in [0.1, 0.15) is 16.2 Å². The average molecular weight is 1950 g/mol. The number of hydrogen-bond acceptors (Lipinski definition) is 12. The van der Waals surface area contributed by atoms with Crippen LogP contribution in [-0.2, 0) is 20.1 Å². The van der Waals surface area contributed by atoms with Crippen molar-refractivity contribution in [3.8, 4) is 39.6 Å². The minimum Gasteiger partial charge on any atom is -0.649 e. The number of fused-ring (bicyclic) bond motifs is 5. The second-order valence-corrected chi connectivity index (χ2v) is 31.3. The van der Waals surface area contributed by atoms with Crippen molar-refractivity contribution in [3.63, 3.8) is 0 Å². The fourth-order valence-electron chi connectivity index (χ4n) is 15.7. The largest absolute Gasteiger partial charge is 0.881 e. The van der Waals surface area contributed by atoms with Crippen molar-refractivity contribution in [2.75, 3.05) is 19.6 Å². The van der Waals surface area contributed by atoms with Crippen molar-refractivity contribution in [2.24, 2.45) is 0 Å². The molecule has 21 rings (SSSR count). The van der Waals surface area contributed by atoms with E-state index in [0.717, 1.165) is 119 Å². The molecule has 0 aliphatic carbocycles. The maximum absolute atomic E-state index is 13.7. The number of nitrogens with zero attached hydrogens (tertiary/aromatic N) is 9. The van der Waals surface area contributed by atoms with Gasteiger partial charge in [-0.3, -0.25) is 18.6 Å². The van der Waals surface area contributed by atoms with Gasteiger partial charge in [-0.1, -0.05) is 261 Å². The first kappa shape index (κ1) is 91.1. The molecule has 0 unspecified atom stereocenters. The molecule has 3 radical (unpaired) electrons. The molecule has 0 spiro atoms. The monoisotopic (exact) mass is 1950 g/mol. The predicted octanol–water partition coefficient (Wildman–Crippen LogP) is 29.8. The molecule has 0 saturated carbocycles. The molecule has 21 aromatic rings. The number of halogens is 2. The minimum atomic E-state index is -0.990. The van der Waals surface area contributed by atoms with Gasteiger partial charge in [0.2, 0.25) is 0 Å². The third-order valence-electron chi connectivity index (χ3n) is 22.0. The van der Waals surface area contributed by atoms with Gasteiger partial charge in [0.1, 0.15) is 28.2 Å². The van der Waals surface area contributed by atoms with Crippen LogP contribution in [0.4, 0.5) is 82.7 Å². The van der Waals surface area contributed by atoms with Gasteiger partial charge in [-0.25, -0.2) is 14.8 Å². The number of anilines is 12. The fourth-order valence-corrected chi connectivity index (χ4v) is 16.5. The molecule has 0 fully saturated rings. The van der Waals surface area contributed by atoms with Crippen molar-refractivity contribution in [1.29, 1.82) is 0 Å². The second kappa shape index (κ2) is 44.4. The number of rotatable bonds is 20. The number of carboxylic acids is 1. The van der Waals surface area contributed by atoms with Crippen LogP contribution in [0.2, 0.25) is 0 Å². The summed E-state index contributed by atoms with van der Waals surface area (Å²) in [6.45, 7) is 8.68. The van der Waals surface area contributed by atoms with E-state index < -0.39 is 39.2 Å². The molecule has 1 N–H and O–H groups in total. The zero-order valence-corrected chi connectivity index (χ0v) is 77.4. The van der Waals surface area contributed by atoms with E-state index >= 15 is 0 Å². The van der Waals surface area contributed by atoms with Crippen LogP contribution in [0.15, 0.2) is 468 Å². The summed E-state index contributed by atoms with van der Waals surface area (Å²) in [6, 6.07) is 156. The number of carboxylic acid groups (broad SMARTS) is 1. The number of benzene rings is 17. The van der Waals surface area contributed by atoms with Gasteiger partial charge in [-0.15, -0.1) is 17.7 Å². The van der Waals surface area contributed by atoms with Gasteiger partial charge in [0.05, 0.1) is 29.4 Å². The van der Waals surface area contributed by atoms with Crippen LogP contribution in [0.25, 0.3) is 81.4 Å². The van der Waals surface area contributed by atoms with Gasteiger partial charge in [-0.2, -0.15) is 0 Å². The Labute approximate surface area is 804 Å². The van der Waals surface area contributed by atoms with E-state index in [4.69, 9.17) is 23.0 Å². The molecule has 14 nitrogen and oxygen atoms in total. The van der Waals surface area contributed by atoms with Gasteiger partial charge in [0.15, 0.2) is 5.69 Å². The quantitative estimate of drug-likeness (QED) is 0.0574. The summed E-state index contributed by atoms with van der Waals surface area (Å²) in [5.41, 5.74) is 17.9. The van der Waals surface area contributed by atoms with Crippen molar-refractivity contribution < 1.29 is 50.2 Å². The Morgan fingerprint density at radius 1 is 0.373 bits per heavy atom. The Hall–Kier alpha value is -16.2. The summed E-state index contributed by atoms with van der Waals surface area (Å²) in [6.07, 6.45) is 4.71. The Morgan fingerprint density at radius 2 is 0.754 bits per heavy atom. The summed E-state index contributed by atoms with van der Waals surface area (Å²) in [5.74, 6) is -0.408. The SMILES string of the molecule is Cc1ccc2cccc([O][Al][O]c3ccc(-c4ccccc4)cc3)c2n1.O=C(O)c1ccccn1.[AlH][O]c1cccc2cccnc12.[C-]#[N+]c1c(F)c[c-]c(-c2ccccn2)c1F.[Ir].c1ccc(N(c2ccc(N(c3ccc(N(c4ccccc4)c4cccc5ccccc45)cc3)c3ccc(N(c4ccccc4)c4cccc5ccccc45)cc3)cc2)c2cccc3ccccc23)cc1. The summed E-state index contributed by atoms with van der Waals surface area (Å²) >= 11 is 0.801. The molecule has 0 atom stereocenters. The number of aryl methyl sites for hydroxylation is 1. The van der Waals surface area contributed by atoms with Gasteiger partial charge in [0.25, 0.3) is 0 Å². The maximum Gasteiger partial charge on any atom is 0.881 e. The fraction of sp³-hybridized carbons (Fsp3) is 0.00870. The predicted molar refractivity (Wildman–Crippen MR) is 538 cm³/mol. The average Bonchev–Trinajstić information content (AvgIpc) is 0.768. The Morgan fingerprint density at radius 3 is 1.19 bits per heavy atom. The molecule has 0 aliphatic heterocycles. The number of aromatic carboxylic acids is 1. The van der Waals surface area contributed by atoms with E-state index in [1.165, 1.54) is 78.5 Å². The minimum absolute atomic E-state index is 0. The number of para-hydroxylation sites is 5. The number of aromatic nitrogens is 4. The maximum atomic E-state index is 13.7. The summed E-state index contributed by atoms with van der Waals surface area (Å²) < 4.78 is 43.6. The first-order valence-electron chi connectivity index (χ1n) is 42.9. The molecule has 0 amide bonds. The normalized spacial score (nSPS) is 10.5. The zero-order valence-electron chi connectivity index (χ0n) is 72.4. The van der Waals surface area contributed by atoms with Crippen molar-refractivity contribution in [2.45, 2.75) is 6.92 Å². The third-order valence-corrected chi connectivity index (χ3v) is 23.0. The summed E-state index contributed by atoms with van der Waals surface area (Å²) in [7, 11) is 0. The standard InChI is InChI=1S/C66H48N4.C12H5F2N2.C12H10O.C10H9NO.C9H7NO.C6H5NO2.2Al.Ir.H/c1-4-25-52(26-5-1)68(64-34-16-22-49-19-10-13-31-61(49)64)58-43-37-55(38-44-58)67(56-39-45-59(46-40-56)69(53-27-6-2-7-28-53)65-35-17-23-50-20-11-14-32-62(50)65)57-41-47-60(48-42-57)70(54-29-8-3-9-30-54)66-36-18-24-51-21-12-15-33-63(51)66;1-15-12-9(13)6-5-8(11(12)14)10-4-2-3-7-16-10;13-12-8-6-11(7-9-12)10-4-2-1-3-5-10;1-7-5-6-8-3-2-4-9(12)10(8)11-7;11-8-5-1-3-7-4-2-6-10-9(7)8;8-6(9)5-3-1-2-4-7-5;;;;/h1-48H;2-4,6-7H;1-9,13H;2-6,12H,1H3;1-6,11H;1-4H,(H,8,9);;;;/q;-1;;;;;+1;+2;;/p-3. The van der Waals surface area contributed by atoms with Crippen LogP contribution >= 0.6 is 0 Å². The van der Waals surface area contributed by atoms with Gasteiger partial charge in [-0.05, 0) is 222 Å². The van der Waals surface area contributed by atoms with Crippen LogP contribution < -0.4 is 31.0 Å². The van der Waals surface area contributed by atoms with Crippen molar-refractivity contribution >= 4 is 167 Å². The Balaban J connectivity index is 0.000000163. The molecule has 4 heterocycles. The molecule has 0 saturated heterocycles. The second-order valence-electron chi connectivity index (χ2n) is 30.4. The van der Waals surface area contributed by atoms with E-state index in [-0.39, 0.29) is 31.4 Å². The molecule has 4 aromatic heterocycles. The van der Waals surface area contributed by atoms with Crippen LogP contribution in [0.3, 0.4) is 0 Å². The van der Waals surface area contributed by atoms with E-state index in [2.05, 4.69) is 372 Å². The van der Waals surface area contributed by atoms with E-state index in [0.29, 0.717) is 5.69 Å². The molecule has 0 aliphatic rings. The molecule has 647 valence electrons. The summed E-state index contributed by atoms with van der Waals surface area (Å²) in [4.78, 5) is 38.7. The van der Waals surface area contributed by atoms with E-state index in [9.17, 15) is 13.6 Å². The van der Waals surface area contributed by atoms with Crippen molar-refractivity contribution in [3.05, 3.63) is 508 Å². The molecule has 19 heteroatoms. The van der Waals surface area contributed by atoms with Crippen LogP contribution in [-0.4, -0.2) is 63.5 Å². The van der Waals surface area contributed by atoms with Gasteiger partial charge in [0, 0.05) is 134 Å². The molecular formula is C115H82Al2F2IrN9O5-. The van der Waals surface area contributed by atoms with E-state index in [1.54, 1.807) is 36.5 Å². The summed E-state index contributed by atoms with van der Waals surface area (Å²) in [5, 5.41) is 17.7. The first-order valence-corrected chi connectivity index (χ1v) is 44.4. The smallest absolute Gasteiger partial charge is 0.649 e. The third kappa shape index (κ3) is 21.6. The molecule has 0 bridgehead atoms.